The molecular formula is C24H24O2. The van der Waals surface area contributed by atoms with Crippen molar-refractivity contribution in [1.29, 1.82) is 0 Å². The van der Waals surface area contributed by atoms with Crippen LogP contribution in [0.5, 0.6) is 0 Å². The lowest BCUT2D eigenvalue weighted by atomic mass is 9.79. The highest BCUT2D eigenvalue weighted by molar-refractivity contribution is 5.47. The van der Waals surface area contributed by atoms with Gasteiger partial charge in [-0.25, -0.2) is 0 Å². The molecule has 0 spiro atoms. The third-order valence-electron chi connectivity index (χ3n) is 5.29. The first kappa shape index (κ1) is 17.0. The summed E-state index contributed by atoms with van der Waals surface area (Å²) in [6, 6.07) is 31.3. The third-order valence-corrected chi connectivity index (χ3v) is 5.29. The molecule has 132 valence electrons. The molecule has 1 aliphatic rings. The van der Waals surface area contributed by atoms with Gasteiger partial charge in [-0.2, -0.15) is 0 Å². The van der Waals surface area contributed by atoms with Crippen molar-refractivity contribution in [2.45, 2.75) is 24.5 Å². The van der Waals surface area contributed by atoms with E-state index in [1.165, 1.54) is 0 Å². The molecule has 2 nitrogen and oxygen atoms in total. The molecule has 1 N–H and O–H groups in total. The van der Waals surface area contributed by atoms with Gasteiger partial charge in [0.15, 0.2) is 0 Å². The molecule has 0 unspecified atom stereocenters. The molecule has 0 aromatic heterocycles. The molecular weight excluding hydrogens is 320 g/mol. The summed E-state index contributed by atoms with van der Waals surface area (Å²) < 4.78 is 6.73. The number of hydrogen-bond acceptors (Lipinski definition) is 2. The highest BCUT2D eigenvalue weighted by Crippen LogP contribution is 2.42. The fourth-order valence-corrected chi connectivity index (χ4v) is 3.85. The van der Waals surface area contributed by atoms with E-state index in [0.29, 0.717) is 12.5 Å². The molecule has 0 radical (unpaired) electrons. The van der Waals surface area contributed by atoms with E-state index in [1.54, 1.807) is 0 Å². The monoisotopic (exact) mass is 344 g/mol. The minimum atomic E-state index is -0.648. The van der Waals surface area contributed by atoms with E-state index in [4.69, 9.17) is 4.74 Å². The minimum absolute atomic E-state index is 0.164. The van der Waals surface area contributed by atoms with Gasteiger partial charge in [0.25, 0.3) is 0 Å². The number of ether oxygens (including phenoxy) is 1. The van der Waals surface area contributed by atoms with Crippen LogP contribution in [0.1, 0.15) is 29.5 Å². The Balaban J connectivity index is 1.82. The van der Waals surface area contributed by atoms with Gasteiger partial charge >= 0.3 is 0 Å². The Kier molecular flexibility index (Phi) is 4.87. The molecule has 1 fully saturated rings. The van der Waals surface area contributed by atoms with Gasteiger partial charge in [-0.15, -0.1) is 0 Å². The maximum atomic E-state index is 9.64. The molecule has 0 saturated heterocycles. The van der Waals surface area contributed by atoms with Gasteiger partial charge in [-0.05, 0) is 35.4 Å². The SMILES string of the molecule is OC1CC(COC(c2ccccc2)(c2ccccc2)c2ccccc2)C1. The van der Waals surface area contributed by atoms with Gasteiger partial charge in [0, 0.05) is 0 Å². The fourth-order valence-electron chi connectivity index (χ4n) is 3.85. The van der Waals surface area contributed by atoms with E-state index < -0.39 is 5.60 Å². The van der Waals surface area contributed by atoms with E-state index in [1.807, 2.05) is 18.2 Å². The van der Waals surface area contributed by atoms with Crippen LogP contribution < -0.4 is 0 Å². The standard InChI is InChI=1S/C24H24O2/c25-23-16-19(17-23)18-26-24(20-10-4-1-5-11-20,21-12-6-2-7-13-21)22-14-8-3-9-15-22/h1-15,19,23,25H,16-18H2. The van der Waals surface area contributed by atoms with E-state index in [9.17, 15) is 5.11 Å². The number of benzene rings is 3. The first-order valence-corrected chi connectivity index (χ1v) is 9.27. The van der Waals surface area contributed by atoms with Gasteiger partial charge in [-0.1, -0.05) is 91.0 Å². The second-order valence-corrected chi connectivity index (χ2v) is 7.08. The second kappa shape index (κ2) is 7.45. The molecule has 3 aromatic rings. The third kappa shape index (κ3) is 3.18. The van der Waals surface area contributed by atoms with Gasteiger partial charge in [0.1, 0.15) is 5.60 Å². The van der Waals surface area contributed by atoms with Gasteiger partial charge in [-0.3, -0.25) is 0 Å². The summed E-state index contributed by atoms with van der Waals surface area (Å²) in [6.07, 6.45) is 1.49. The van der Waals surface area contributed by atoms with Crippen molar-refractivity contribution in [3.05, 3.63) is 108 Å². The van der Waals surface area contributed by atoms with Crippen LogP contribution >= 0.6 is 0 Å². The lowest BCUT2D eigenvalue weighted by molar-refractivity contribution is -0.0571. The van der Waals surface area contributed by atoms with Crippen molar-refractivity contribution in [1.82, 2.24) is 0 Å². The Morgan fingerprint density at radius 1 is 0.692 bits per heavy atom. The largest absolute Gasteiger partial charge is 0.393 e. The van der Waals surface area contributed by atoms with E-state index in [-0.39, 0.29) is 6.10 Å². The smallest absolute Gasteiger partial charge is 0.143 e. The molecule has 0 heterocycles. The van der Waals surface area contributed by atoms with Crippen molar-refractivity contribution >= 4 is 0 Å². The maximum absolute atomic E-state index is 9.64. The molecule has 0 amide bonds. The highest BCUT2D eigenvalue weighted by Gasteiger charge is 2.39. The van der Waals surface area contributed by atoms with Gasteiger partial charge in [0.05, 0.1) is 12.7 Å². The Morgan fingerprint density at radius 3 is 1.42 bits per heavy atom. The summed E-state index contributed by atoms with van der Waals surface area (Å²) in [7, 11) is 0. The summed E-state index contributed by atoms with van der Waals surface area (Å²) >= 11 is 0. The van der Waals surface area contributed by atoms with Crippen LogP contribution in [-0.2, 0) is 10.3 Å². The normalized spacial score (nSPS) is 19.7. The average Bonchev–Trinajstić information content (AvgIpc) is 2.69. The summed E-state index contributed by atoms with van der Waals surface area (Å²) in [4.78, 5) is 0. The van der Waals surface area contributed by atoms with Crippen LogP contribution in [0.15, 0.2) is 91.0 Å². The zero-order valence-electron chi connectivity index (χ0n) is 14.8. The number of hydrogen-bond donors (Lipinski definition) is 1. The lowest BCUT2D eigenvalue weighted by Gasteiger charge is -2.39. The zero-order chi connectivity index (χ0) is 17.8. The van der Waals surface area contributed by atoms with E-state index in [2.05, 4.69) is 72.8 Å². The number of rotatable bonds is 6. The number of aliphatic hydroxyl groups excluding tert-OH is 1. The van der Waals surface area contributed by atoms with Crippen LogP contribution in [0.4, 0.5) is 0 Å². The Labute approximate surface area is 155 Å². The minimum Gasteiger partial charge on any atom is -0.393 e. The first-order valence-electron chi connectivity index (χ1n) is 9.27. The molecule has 3 aromatic carbocycles. The van der Waals surface area contributed by atoms with Crippen LogP contribution in [0.3, 0.4) is 0 Å². The zero-order valence-corrected chi connectivity index (χ0v) is 14.8. The van der Waals surface area contributed by atoms with Crippen molar-refractivity contribution in [2.24, 2.45) is 5.92 Å². The summed E-state index contributed by atoms with van der Waals surface area (Å²) in [5, 5.41) is 9.64. The van der Waals surface area contributed by atoms with Crippen LogP contribution in [0, 0.1) is 5.92 Å². The molecule has 0 aliphatic heterocycles. The molecule has 0 atom stereocenters. The van der Waals surface area contributed by atoms with E-state index >= 15 is 0 Å². The van der Waals surface area contributed by atoms with E-state index in [0.717, 1.165) is 29.5 Å². The lowest BCUT2D eigenvalue weighted by Crippen LogP contribution is -2.38. The summed E-state index contributed by atoms with van der Waals surface area (Å²) in [5.74, 6) is 0.417. The molecule has 2 heteroatoms. The van der Waals surface area contributed by atoms with Gasteiger partial charge < -0.3 is 9.84 Å². The molecule has 0 bridgehead atoms. The Hall–Kier alpha value is -2.42. The Morgan fingerprint density at radius 2 is 1.08 bits per heavy atom. The van der Waals surface area contributed by atoms with Crippen molar-refractivity contribution in [3.8, 4) is 0 Å². The first-order chi connectivity index (χ1) is 12.8. The highest BCUT2D eigenvalue weighted by atomic mass is 16.5. The fraction of sp³-hybridized carbons (Fsp3) is 0.250. The number of aliphatic hydroxyl groups is 1. The average molecular weight is 344 g/mol. The second-order valence-electron chi connectivity index (χ2n) is 7.08. The predicted octanol–water partition coefficient (Wildman–Crippen LogP) is 4.77. The molecule has 1 saturated carbocycles. The van der Waals surface area contributed by atoms with Crippen LogP contribution in [-0.4, -0.2) is 17.8 Å². The summed E-state index contributed by atoms with van der Waals surface area (Å²) in [5.41, 5.74) is 2.72. The van der Waals surface area contributed by atoms with Crippen molar-refractivity contribution in [2.75, 3.05) is 6.61 Å². The van der Waals surface area contributed by atoms with Crippen LogP contribution in [0.2, 0.25) is 0 Å². The molecule has 4 rings (SSSR count). The van der Waals surface area contributed by atoms with Gasteiger partial charge in [0.2, 0.25) is 0 Å². The maximum Gasteiger partial charge on any atom is 0.143 e. The van der Waals surface area contributed by atoms with Crippen molar-refractivity contribution < 1.29 is 9.84 Å². The van der Waals surface area contributed by atoms with Crippen molar-refractivity contribution in [3.63, 3.8) is 0 Å². The molecule has 26 heavy (non-hydrogen) atoms. The Bertz CT molecular complexity index is 712. The molecule has 1 aliphatic carbocycles. The quantitative estimate of drug-likeness (QED) is 0.653. The topological polar surface area (TPSA) is 29.5 Å². The summed E-state index contributed by atoms with van der Waals surface area (Å²) in [6.45, 7) is 0.635. The predicted molar refractivity (Wildman–Crippen MR) is 104 cm³/mol. The van der Waals surface area contributed by atoms with Crippen LogP contribution in [0.25, 0.3) is 0 Å².